The smallest absolute Gasteiger partial charge is 0.128 e. The highest BCUT2D eigenvalue weighted by Gasteiger charge is 2.13. The van der Waals surface area contributed by atoms with Gasteiger partial charge in [0.25, 0.3) is 0 Å². The highest BCUT2D eigenvalue weighted by atomic mass is 35.5. The average Bonchev–Trinajstić information content (AvgIpc) is 2.28. The Bertz CT molecular complexity index is 352. The molecule has 1 nitrogen and oxygen atoms in total. The van der Waals surface area contributed by atoms with E-state index in [-0.39, 0.29) is 11.9 Å². The van der Waals surface area contributed by atoms with Crippen molar-refractivity contribution in [2.45, 2.75) is 25.3 Å². The fourth-order valence-electron chi connectivity index (χ4n) is 1.70. The quantitative estimate of drug-likeness (QED) is 0.584. The van der Waals surface area contributed by atoms with Crippen LogP contribution in [0.5, 0.6) is 0 Å². The van der Waals surface area contributed by atoms with Gasteiger partial charge >= 0.3 is 0 Å². The van der Waals surface area contributed by atoms with E-state index in [0.29, 0.717) is 10.6 Å². The second-order valence-electron chi connectivity index (χ2n) is 3.73. The third kappa shape index (κ3) is 3.62. The summed E-state index contributed by atoms with van der Waals surface area (Å²) in [5.41, 5.74) is 0.638. The molecule has 0 spiro atoms. The predicted octanol–water partition coefficient (Wildman–Crippen LogP) is 4.10. The van der Waals surface area contributed by atoms with Gasteiger partial charge in [-0.25, -0.2) is 4.39 Å². The number of rotatable bonds is 6. The van der Waals surface area contributed by atoms with E-state index in [4.69, 9.17) is 11.6 Å². The molecule has 0 saturated heterocycles. The van der Waals surface area contributed by atoms with Gasteiger partial charge in [0.15, 0.2) is 0 Å². The molecule has 0 amide bonds. The molecule has 16 heavy (non-hydrogen) atoms. The molecule has 1 aromatic carbocycles. The number of benzene rings is 1. The van der Waals surface area contributed by atoms with Crippen LogP contribution in [0.1, 0.15) is 30.9 Å². The number of hydrogen-bond acceptors (Lipinski definition) is 1. The van der Waals surface area contributed by atoms with Crippen LogP contribution in [0, 0.1) is 5.82 Å². The van der Waals surface area contributed by atoms with Gasteiger partial charge in [0, 0.05) is 16.6 Å². The molecule has 1 aromatic rings. The Kier molecular flexibility index (Phi) is 5.50. The molecule has 0 radical (unpaired) electrons. The van der Waals surface area contributed by atoms with Gasteiger partial charge in [0.05, 0.1) is 0 Å². The molecule has 0 aliphatic heterocycles. The first-order valence-corrected chi connectivity index (χ1v) is 5.80. The highest BCUT2D eigenvalue weighted by Crippen LogP contribution is 2.24. The Morgan fingerprint density at radius 2 is 2.31 bits per heavy atom. The molecular weight excluding hydrogens is 225 g/mol. The summed E-state index contributed by atoms with van der Waals surface area (Å²) in [5.74, 6) is -0.206. The molecule has 0 heterocycles. The Labute approximate surface area is 101 Å². The summed E-state index contributed by atoms with van der Waals surface area (Å²) >= 11 is 5.87. The van der Waals surface area contributed by atoms with E-state index < -0.39 is 0 Å². The molecule has 1 atom stereocenters. The summed E-state index contributed by atoms with van der Waals surface area (Å²) in [7, 11) is 1.83. The summed E-state index contributed by atoms with van der Waals surface area (Å²) in [6.45, 7) is 3.67. The van der Waals surface area contributed by atoms with Crippen LogP contribution in [-0.4, -0.2) is 7.05 Å². The van der Waals surface area contributed by atoms with Gasteiger partial charge in [-0.1, -0.05) is 17.7 Å². The number of hydrogen-bond donors (Lipinski definition) is 1. The molecular formula is C13H17ClFN. The standard InChI is InChI=1S/C13H17ClFN/c1-3-4-5-6-13(16-2)11-9-10(14)7-8-12(11)15/h3,7-9,13,16H,1,4-6H2,2H3. The van der Waals surface area contributed by atoms with Crippen LogP contribution in [-0.2, 0) is 0 Å². The predicted molar refractivity (Wildman–Crippen MR) is 67.3 cm³/mol. The van der Waals surface area contributed by atoms with E-state index in [9.17, 15) is 4.39 Å². The fraction of sp³-hybridized carbons (Fsp3) is 0.385. The topological polar surface area (TPSA) is 12.0 Å². The van der Waals surface area contributed by atoms with E-state index in [1.165, 1.54) is 6.07 Å². The minimum absolute atomic E-state index is 0.0126. The van der Waals surface area contributed by atoms with Crippen molar-refractivity contribution >= 4 is 11.6 Å². The second kappa shape index (κ2) is 6.66. The lowest BCUT2D eigenvalue weighted by Crippen LogP contribution is -2.17. The average molecular weight is 242 g/mol. The van der Waals surface area contributed by atoms with Crippen LogP contribution in [0.15, 0.2) is 30.9 Å². The number of unbranched alkanes of at least 4 members (excludes halogenated alkanes) is 1. The summed E-state index contributed by atoms with van der Waals surface area (Å²) in [6.07, 6.45) is 4.68. The fourth-order valence-corrected chi connectivity index (χ4v) is 1.88. The number of nitrogens with one attached hydrogen (secondary N) is 1. The van der Waals surface area contributed by atoms with Gasteiger partial charge in [0.1, 0.15) is 5.82 Å². The molecule has 0 aromatic heterocycles. The lowest BCUT2D eigenvalue weighted by atomic mass is 10.0. The van der Waals surface area contributed by atoms with E-state index in [1.807, 2.05) is 13.1 Å². The number of allylic oxidation sites excluding steroid dienone is 1. The largest absolute Gasteiger partial charge is 0.313 e. The zero-order valence-electron chi connectivity index (χ0n) is 9.47. The van der Waals surface area contributed by atoms with Gasteiger partial charge in [-0.05, 0) is 44.5 Å². The van der Waals surface area contributed by atoms with Crippen LogP contribution < -0.4 is 5.32 Å². The maximum absolute atomic E-state index is 13.6. The van der Waals surface area contributed by atoms with Crippen LogP contribution >= 0.6 is 11.6 Å². The summed E-state index contributed by atoms with van der Waals surface area (Å²) < 4.78 is 13.6. The second-order valence-corrected chi connectivity index (χ2v) is 4.16. The molecule has 1 rings (SSSR count). The van der Waals surface area contributed by atoms with Crippen molar-refractivity contribution in [3.63, 3.8) is 0 Å². The van der Waals surface area contributed by atoms with Crippen molar-refractivity contribution in [2.24, 2.45) is 0 Å². The van der Waals surface area contributed by atoms with Crippen molar-refractivity contribution in [3.8, 4) is 0 Å². The minimum Gasteiger partial charge on any atom is -0.313 e. The Balaban J connectivity index is 2.77. The van der Waals surface area contributed by atoms with Crippen molar-refractivity contribution < 1.29 is 4.39 Å². The minimum atomic E-state index is -0.206. The molecule has 0 saturated carbocycles. The molecule has 0 aliphatic carbocycles. The monoisotopic (exact) mass is 241 g/mol. The molecule has 1 unspecified atom stereocenters. The van der Waals surface area contributed by atoms with E-state index in [2.05, 4.69) is 11.9 Å². The SMILES string of the molecule is C=CCCCC(NC)c1cc(Cl)ccc1F. The lowest BCUT2D eigenvalue weighted by molar-refractivity contribution is 0.496. The maximum Gasteiger partial charge on any atom is 0.128 e. The molecule has 88 valence electrons. The van der Waals surface area contributed by atoms with Gasteiger partial charge in [-0.3, -0.25) is 0 Å². The first kappa shape index (κ1) is 13.2. The molecule has 0 aliphatic rings. The van der Waals surface area contributed by atoms with Crippen molar-refractivity contribution in [1.29, 1.82) is 0 Å². The third-order valence-corrected chi connectivity index (χ3v) is 2.82. The molecule has 0 bridgehead atoms. The Morgan fingerprint density at radius 3 is 2.94 bits per heavy atom. The zero-order chi connectivity index (χ0) is 12.0. The summed E-state index contributed by atoms with van der Waals surface area (Å²) in [4.78, 5) is 0. The van der Waals surface area contributed by atoms with Gasteiger partial charge in [-0.2, -0.15) is 0 Å². The van der Waals surface area contributed by atoms with Gasteiger partial charge in [-0.15, -0.1) is 6.58 Å². The van der Waals surface area contributed by atoms with Crippen LogP contribution in [0.25, 0.3) is 0 Å². The van der Waals surface area contributed by atoms with E-state index >= 15 is 0 Å². The molecule has 0 fully saturated rings. The van der Waals surface area contributed by atoms with Crippen molar-refractivity contribution in [3.05, 3.63) is 47.3 Å². The Morgan fingerprint density at radius 1 is 1.56 bits per heavy atom. The van der Waals surface area contributed by atoms with E-state index in [0.717, 1.165) is 19.3 Å². The highest BCUT2D eigenvalue weighted by molar-refractivity contribution is 6.30. The van der Waals surface area contributed by atoms with Crippen molar-refractivity contribution in [2.75, 3.05) is 7.05 Å². The van der Waals surface area contributed by atoms with Gasteiger partial charge < -0.3 is 5.32 Å². The first-order chi connectivity index (χ1) is 7.69. The van der Waals surface area contributed by atoms with Crippen LogP contribution in [0.3, 0.4) is 0 Å². The first-order valence-electron chi connectivity index (χ1n) is 5.42. The lowest BCUT2D eigenvalue weighted by Gasteiger charge is -2.17. The summed E-state index contributed by atoms with van der Waals surface area (Å²) in [6, 6.07) is 4.68. The Hall–Kier alpha value is -0.860. The van der Waals surface area contributed by atoms with E-state index in [1.54, 1.807) is 12.1 Å². The summed E-state index contributed by atoms with van der Waals surface area (Å²) in [5, 5.41) is 3.68. The zero-order valence-corrected chi connectivity index (χ0v) is 10.2. The van der Waals surface area contributed by atoms with Crippen molar-refractivity contribution in [1.82, 2.24) is 5.32 Å². The number of halogens is 2. The van der Waals surface area contributed by atoms with Gasteiger partial charge in [0.2, 0.25) is 0 Å². The maximum atomic E-state index is 13.6. The molecule has 1 N–H and O–H groups in total. The third-order valence-electron chi connectivity index (χ3n) is 2.58. The molecule has 3 heteroatoms. The van der Waals surface area contributed by atoms with Crippen LogP contribution in [0.4, 0.5) is 4.39 Å². The van der Waals surface area contributed by atoms with Crippen LogP contribution in [0.2, 0.25) is 5.02 Å². The normalized spacial score (nSPS) is 12.4.